The van der Waals surface area contributed by atoms with Gasteiger partial charge in [-0.15, -0.1) is 22.7 Å². The van der Waals surface area contributed by atoms with E-state index in [1.807, 2.05) is 24.3 Å². The van der Waals surface area contributed by atoms with Crippen molar-refractivity contribution in [1.29, 1.82) is 0 Å². The fraction of sp³-hybridized carbons (Fsp3) is 0. The van der Waals surface area contributed by atoms with E-state index in [-0.39, 0.29) is 88.9 Å². The monoisotopic (exact) mass is 948 g/mol. The second kappa shape index (κ2) is 26.8. The third-order valence-corrected chi connectivity index (χ3v) is 4.69. The van der Waals surface area contributed by atoms with Crippen molar-refractivity contribution in [3.05, 3.63) is 116 Å². The standard InChI is InChI=1S/2C12H8N2.2H4O4P.H3O4P.2H2O.4Zn/c2*1-3-9-5-6-10-4-2-8-14-12(10)11(9)13-7-1;3*1-5(2,3)4;;;;;;/h2*1-8H;2*1-4H;(H3,1,2,3,4);2*1H2;;;;/q2*-2;2*+1;;;;;;2*+2. The van der Waals surface area contributed by atoms with Crippen LogP contribution in [0.1, 0.15) is 0 Å². The number of rotatable bonds is 0. The first-order valence-corrected chi connectivity index (χ1v) is 16.2. The van der Waals surface area contributed by atoms with Crippen molar-refractivity contribution in [2.75, 3.05) is 0 Å². The van der Waals surface area contributed by atoms with Gasteiger partial charge in [0.1, 0.15) is 0 Å². The zero-order valence-corrected chi connectivity index (χ0v) is 40.1. The van der Waals surface area contributed by atoms with Gasteiger partial charge in [-0.2, -0.15) is 63.9 Å². The van der Waals surface area contributed by atoms with Crippen molar-refractivity contribution < 1.29 is 147 Å². The third-order valence-electron chi connectivity index (χ3n) is 4.69. The smallest absolute Gasteiger partial charge is 0.665 e. The summed E-state index contributed by atoms with van der Waals surface area (Å²) in [5.74, 6) is 0. The first-order valence-electron chi connectivity index (χ1n) is 11.5. The molecule has 0 bridgehead atoms. The molecule has 0 atom stereocenters. The fourth-order valence-corrected chi connectivity index (χ4v) is 3.36. The molecule has 0 saturated heterocycles. The second-order valence-corrected chi connectivity index (χ2v) is 11.2. The molecule has 2 aromatic carbocycles. The van der Waals surface area contributed by atoms with E-state index in [2.05, 4.69) is 69.8 Å². The summed E-state index contributed by atoms with van der Waals surface area (Å²) in [4.78, 5) is 80.0. The Morgan fingerprint density at radius 3 is 0.735 bits per heavy atom. The summed E-state index contributed by atoms with van der Waals surface area (Å²) in [5.41, 5.74) is 3.91. The molecule has 0 saturated carbocycles. The number of hydrogen-bond acceptors (Lipinski definition) is 9. The molecule has 4 aliphatic rings. The van der Waals surface area contributed by atoms with E-state index in [1.165, 1.54) is 0 Å². The first kappa shape index (κ1) is 57.5. The largest absolute Gasteiger partial charge is 2.00 e. The second-order valence-electron chi connectivity index (χ2n) is 8.02. The Hall–Kier alpha value is -0.856. The Kier molecular flexibility index (Phi) is 31.5. The van der Waals surface area contributed by atoms with Crippen molar-refractivity contribution in [1.82, 2.24) is 0 Å². The Labute approximate surface area is 331 Å². The summed E-state index contributed by atoms with van der Waals surface area (Å²) in [7, 11) is -13.4. The molecule has 49 heavy (non-hydrogen) atoms. The van der Waals surface area contributed by atoms with Gasteiger partial charge in [-0.05, 0) is 20.9 Å². The van der Waals surface area contributed by atoms with E-state index in [9.17, 15) is 0 Å². The molecule has 0 radical (unpaired) electrons. The van der Waals surface area contributed by atoms with Crippen LogP contribution in [0.5, 0.6) is 0 Å². The summed E-state index contributed by atoms with van der Waals surface area (Å²) in [6.45, 7) is 0. The average molecular weight is 954 g/mol. The minimum absolute atomic E-state index is 0. The molecule has 4 heterocycles. The van der Waals surface area contributed by atoms with Gasteiger partial charge in [-0.25, -0.2) is 4.57 Å². The van der Waals surface area contributed by atoms with Crippen LogP contribution in [0, 0.1) is 0 Å². The molecule has 0 aromatic heterocycles. The van der Waals surface area contributed by atoms with Crippen molar-refractivity contribution in [2.24, 2.45) is 0 Å². The van der Waals surface area contributed by atoms with Crippen LogP contribution in [0.2, 0.25) is 0 Å². The zero-order chi connectivity index (χ0) is 32.3. The molecule has 4 aliphatic heterocycles. The van der Waals surface area contributed by atoms with Crippen LogP contribution in [0.4, 0.5) is 22.7 Å². The van der Waals surface area contributed by atoms with E-state index >= 15 is 0 Å². The Morgan fingerprint density at radius 2 is 0.592 bits per heavy atom. The molecule has 0 amide bonds. The molecule has 25 heteroatoms. The summed E-state index contributed by atoms with van der Waals surface area (Å²) >= 11 is 0. The summed E-state index contributed by atoms with van der Waals surface area (Å²) in [6.07, 6.45) is 23.2. The summed E-state index contributed by atoms with van der Waals surface area (Å²) in [5, 5.41) is 21.9. The van der Waals surface area contributed by atoms with Crippen LogP contribution in [0.3, 0.4) is 0 Å². The van der Waals surface area contributed by atoms with E-state index in [4.69, 9.17) is 58.4 Å². The minimum atomic E-state index is -4.64. The van der Waals surface area contributed by atoms with Crippen molar-refractivity contribution in [2.45, 2.75) is 0 Å². The molecule has 2 aromatic rings. The summed E-state index contributed by atoms with van der Waals surface area (Å²) < 4.78 is 8.88. The molecular weight excluding hydrogens is 923 g/mol. The van der Waals surface area contributed by atoms with Gasteiger partial charge in [0.25, 0.3) is 0 Å². The molecule has 0 fully saturated rings. The number of hydrogen-bond donors (Lipinski definition) is 11. The molecule has 6 rings (SSSR count). The number of phosphoric acid groups is 1. The maximum Gasteiger partial charge on any atom is 2.00 e. The minimum Gasteiger partial charge on any atom is -0.665 e. The van der Waals surface area contributed by atoms with Crippen LogP contribution < -0.4 is 20.9 Å². The van der Waals surface area contributed by atoms with Crippen molar-refractivity contribution in [3.8, 4) is 0 Å². The van der Waals surface area contributed by atoms with Gasteiger partial charge >= 0.3 is 63.1 Å². The number of allylic oxidation sites excluding steroid dienone is 4. The fourth-order valence-electron chi connectivity index (χ4n) is 3.36. The van der Waals surface area contributed by atoms with Gasteiger partial charge in [0, 0.05) is 39.0 Å². The topological polar surface area (TPSA) is 359 Å². The first-order chi connectivity index (χ1) is 19.9. The van der Waals surface area contributed by atoms with Crippen LogP contribution in [-0.4, -0.2) is 64.8 Å². The zero-order valence-electron chi connectivity index (χ0n) is 25.5. The van der Waals surface area contributed by atoms with Gasteiger partial charge in [-0.1, -0.05) is 72.9 Å². The van der Waals surface area contributed by atoms with E-state index < -0.39 is 24.2 Å². The van der Waals surface area contributed by atoms with Crippen molar-refractivity contribution in [3.63, 3.8) is 0 Å². The van der Waals surface area contributed by atoms with Crippen LogP contribution in [0.25, 0.3) is 45.6 Å². The van der Waals surface area contributed by atoms with Gasteiger partial charge in [0.05, 0.1) is 0 Å². The third kappa shape index (κ3) is 25.7. The number of nitrogens with zero attached hydrogens (tertiary/aromatic N) is 4. The Bertz CT molecular complexity index is 1480. The molecule has 0 aliphatic carbocycles. The van der Waals surface area contributed by atoms with Gasteiger partial charge < -0.3 is 46.9 Å². The predicted octanol–water partition coefficient (Wildman–Crippen LogP) is -0.696. The average Bonchev–Trinajstić information content (AvgIpc) is 2.91. The number of benzene rings is 2. The maximum absolute atomic E-state index is 8.88. The van der Waals surface area contributed by atoms with E-state index in [0.29, 0.717) is 0 Å². The quantitative estimate of drug-likeness (QED) is 0.115. The summed E-state index contributed by atoms with van der Waals surface area (Å²) in [6, 6.07) is 8.30. The molecule has 15 N–H and O–H groups in total. The van der Waals surface area contributed by atoms with Gasteiger partial charge in [-0.3, -0.25) is 0 Å². The predicted molar refractivity (Wildman–Crippen MR) is 171 cm³/mol. The SMILES string of the molecule is C1=C[N-]c2c3c(ccc2=C1)=CC=C[N-]3.C1=C[N-]c2c3c(ccc2=C1)=CC=C[N-]3.O.O.O=P(O)(O)O.O[P+](O)(O)O.O[P+](O)(O)O.[Zn+2].[Zn+2].[Zn].[Zn]. The normalized spacial score (nSPS) is 12.5. The van der Waals surface area contributed by atoms with Gasteiger partial charge in [0.2, 0.25) is 0 Å². The van der Waals surface area contributed by atoms with Crippen molar-refractivity contribution >= 4 is 71.2 Å². The van der Waals surface area contributed by atoms with Gasteiger partial charge in [0.15, 0.2) is 0 Å². The Morgan fingerprint density at radius 1 is 0.449 bits per heavy atom. The molecular formula is C24H31N4O14P3Zn4+2. The van der Waals surface area contributed by atoms with E-state index in [0.717, 1.165) is 43.6 Å². The molecule has 0 unspecified atom stereocenters. The Balaban J connectivity index is -0.000000174. The van der Waals surface area contributed by atoms with Crippen LogP contribution >= 0.6 is 24.2 Å². The van der Waals surface area contributed by atoms with E-state index in [1.54, 1.807) is 24.8 Å². The molecule has 252 valence electrons. The maximum atomic E-state index is 8.88. The molecule has 18 nitrogen and oxygen atoms in total. The molecule has 0 spiro atoms. The van der Waals surface area contributed by atoms with Crippen LogP contribution in [-0.2, 0) is 82.5 Å². The van der Waals surface area contributed by atoms with Crippen LogP contribution in [0.15, 0.2) is 73.4 Å². The number of fused-ring (bicyclic) bond motifs is 6.